The second-order valence-corrected chi connectivity index (χ2v) is 2.41. The van der Waals surface area contributed by atoms with E-state index >= 15 is 0 Å². The molecule has 0 saturated carbocycles. The van der Waals surface area contributed by atoms with Crippen molar-refractivity contribution in [3.05, 3.63) is 30.3 Å². The number of nitrogens with zero attached hydrogens (tertiary/aromatic N) is 2. The first-order valence-electron chi connectivity index (χ1n) is 3.71. The zero-order valence-corrected chi connectivity index (χ0v) is 7.14. The van der Waals surface area contributed by atoms with Crippen LogP contribution in [0.5, 0.6) is 0 Å². The zero-order valence-electron chi connectivity index (χ0n) is 7.14. The van der Waals surface area contributed by atoms with Crippen LogP contribution in [0, 0.1) is 0 Å². The van der Waals surface area contributed by atoms with Gasteiger partial charge in [-0.15, -0.1) is 0 Å². The van der Waals surface area contributed by atoms with Crippen LogP contribution in [0.25, 0.3) is 0 Å². The highest BCUT2D eigenvalue weighted by Crippen LogP contribution is 2.11. The Kier molecular flexibility index (Phi) is 3.03. The van der Waals surface area contributed by atoms with Crippen LogP contribution in [0.15, 0.2) is 35.5 Å². The van der Waals surface area contributed by atoms with Gasteiger partial charge in [0, 0.05) is 0 Å². The fourth-order valence-corrected chi connectivity index (χ4v) is 0.927. The molecule has 0 heterocycles. The minimum atomic E-state index is 0.182. The minimum absolute atomic E-state index is 0.182. The molecule has 0 atom stereocenters. The number of carbonyl (C=O) groups excluding carboxylic acids is 1. The van der Waals surface area contributed by atoms with Crippen molar-refractivity contribution in [2.75, 3.05) is 4.90 Å². The lowest BCUT2D eigenvalue weighted by molar-refractivity contribution is 0.318. The smallest absolute Gasteiger partial charge is 0.322 e. The van der Waals surface area contributed by atoms with Crippen molar-refractivity contribution >= 4 is 17.9 Å². The predicted octanol–water partition coefficient (Wildman–Crippen LogP) is 1.37. The molecule has 0 bridgehead atoms. The standard InChI is InChI=1S/C9H9N2O2/c1-8(10-13)11(7-12)9-5-3-2-4-6-9/h2-6,13H,1H3/b10-8+. The van der Waals surface area contributed by atoms with Gasteiger partial charge < -0.3 is 5.21 Å². The number of oxime groups is 1. The summed E-state index contributed by atoms with van der Waals surface area (Å²) in [6.07, 6.45) is 1.66. The highest BCUT2D eigenvalue weighted by molar-refractivity contribution is 6.08. The lowest BCUT2D eigenvalue weighted by atomic mass is 10.3. The average Bonchev–Trinajstić information content (AvgIpc) is 2.20. The van der Waals surface area contributed by atoms with E-state index in [0.717, 1.165) is 4.90 Å². The summed E-state index contributed by atoms with van der Waals surface area (Å²) in [5.74, 6) is 0.182. The van der Waals surface area contributed by atoms with Gasteiger partial charge in [0.25, 0.3) is 0 Å². The predicted molar refractivity (Wildman–Crippen MR) is 49.5 cm³/mol. The van der Waals surface area contributed by atoms with Crippen molar-refractivity contribution in [3.8, 4) is 0 Å². The van der Waals surface area contributed by atoms with Crippen LogP contribution in [0.2, 0.25) is 0 Å². The largest absolute Gasteiger partial charge is 0.409 e. The van der Waals surface area contributed by atoms with Gasteiger partial charge >= 0.3 is 6.41 Å². The number of amidine groups is 1. The highest BCUT2D eigenvalue weighted by Gasteiger charge is 2.08. The average molecular weight is 177 g/mol. The third-order valence-electron chi connectivity index (χ3n) is 1.57. The molecule has 0 fully saturated rings. The zero-order chi connectivity index (χ0) is 9.68. The molecule has 1 rings (SSSR count). The number of hydrogen-bond acceptors (Lipinski definition) is 3. The van der Waals surface area contributed by atoms with E-state index in [9.17, 15) is 4.79 Å². The second-order valence-electron chi connectivity index (χ2n) is 2.41. The highest BCUT2D eigenvalue weighted by atomic mass is 16.4. The molecule has 0 aliphatic carbocycles. The summed E-state index contributed by atoms with van der Waals surface area (Å²) in [6, 6.07) is 8.84. The van der Waals surface area contributed by atoms with Crippen molar-refractivity contribution in [3.63, 3.8) is 0 Å². The van der Waals surface area contributed by atoms with E-state index < -0.39 is 0 Å². The molecule has 0 aliphatic rings. The molecule has 4 heteroatoms. The van der Waals surface area contributed by atoms with Crippen LogP contribution in [-0.4, -0.2) is 17.5 Å². The Morgan fingerprint density at radius 3 is 2.54 bits per heavy atom. The van der Waals surface area contributed by atoms with Gasteiger partial charge in [-0.25, -0.2) is 0 Å². The molecule has 1 radical (unpaired) electrons. The molecular formula is C9H9N2O2. The Balaban J connectivity index is 2.98. The number of amides is 1. The minimum Gasteiger partial charge on any atom is -0.409 e. The summed E-state index contributed by atoms with van der Waals surface area (Å²) < 4.78 is 0. The summed E-state index contributed by atoms with van der Waals surface area (Å²) in [4.78, 5) is 11.6. The molecule has 13 heavy (non-hydrogen) atoms. The molecule has 0 aromatic heterocycles. The Hall–Kier alpha value is -1.84. The fourth-order valence-electron chi connectivity index (χ4n) is 0.927. The van der Waals surface area contributed by atoms with E-state index in [1.165, 1.54) is 6.92 Å². The van der Waals surface area contributed by atoms with Gasteiger partial charge in [-0.2, -0.15) is 0 Å². The molecule has 1 aromatic carbocycles. The maximum absolute atomic E-state index is 10.5. The lowest BCUT2D eigenvalue weighted by Crippen LogP contribution is -2.26. The molecule has 0 aliphatic heterocycles. The SMILES string of the molecule is C/C(=N\O)N([C]=O)c1ccccc1. The summed E-state index contributed by atoms with van der Waals surface area (Å²) >= 11 is 0. The van der Waals surface area contributed by atoms with Crippen molar-refractivity contribution in [2.45, 2.75) is 6.92 Å². The first-order valence-corrected chi connectivity index (χ1v) is 3.71. The van der Waals surface area contributed by atoms with Crippen LogP contribution in [0.1, 0.15) is 6.92 Å². The molecule has 1 N–H and O–H groups in total. The number of anilines is 1. The number of rotatable bonds is 2. The van der Waals surface area contributed by atoms with Crippen LogP contribution < -0.4 is 4.90 Å². The Labute approximate surface area is 76.1 Å². The topological polar surface area (TPSA) is 52.9 Å². The van der Waals surface area contributed by atoms with Gasteiger partial charge in [-0.05, 0) is 19.1 Å². The molecule has 0 saturated heterocycles. The van der Waals surface area contributed by atoms with E-state index in [-0.39, 0.29) is 5.84 Å². The van der Waals surface area contributed by atoms with Gasteiger partial charge in [0.05, 0.1) is 5.69 Å². The maximum atomic E-state index is 10.5. The van der Waals surface area contributed by atoms with Gasteiger partial charge in [-0.3, -0.25) is 9.69 Å². The Morgan fingerprint density at radius 1 is 1.46 bits per heavy atom. The molecule has 4 nitrogen and oxygen atoms in total. The molecule has 1 amide bonds. The van der Waals surface area contributed by atoms with Crippen molar-refractivity contribution in [1.82, 2.24) is 0 Å². The molecule has 0 unspecified atom stereocenters. The fraction of sp³-hybridized carbons (Fsp3) is 0.111. The van der Waals surface area contributed by atoms with Crippen LogP contribution >= 0.6 is 0 Å². The number of para-hydroxylation sites is 1. The normalized spacial score (nSPS) is 11.0. The first kappa shape index (κ1) is 9.25. The van der Waals surface area contributed by atoms with Crippen molar-refractivity contribution < 1.29 is 10.0 Å². The van der Waals surface area contributed by atoms with Crippen molar-refractivity contribution in [1.29, 1.82) is 0 Å². The van der Waals surface area contributed by atoms with Crippen LogP contribution in [0.3, 0.4) is 0 Å². The Bertz CT molecular complexity index is 309. The molecule has 0 spiro atoms. The molecule has 67 valence electrons. The van der Waals surface area contributed by atoms with E-state index in [2.05, 4.69) is 5.16 Å². The quantitative estimate of drug-likeness (QED) is 0.244. The van der Waals surface area contributed by atoms with E-state index in [0.29, 0.717) is 5.69 Å². The third kappa shape index (κ3) is 2.05. The van der Waals surface area contributed by atoms with Crippen LogP contribution in [-0.2, 0) is 4.79 Å². The van der Waals surface area contributed by atoms with E-state index in [4.69, 9.17) is 5.21 Å². The summed E-state index contributed by atoms with van der Waals surface area (Å²) in [5, 5.41) is 11.4. The monoisotopic (exact) mass is 177 g/mol. The Morgan fingerprint density at radius 2 is 2.08 bits per heavy atom. The first-order chi connectivity index (χ1) is 6.29. The van der Waals surface area contributed by atoms with E-state index in [1.54, 1.807) is 30.7 Å². The van der Waals surface area contributed by atoms with Gasteiger partial charge in [0.1, 0.15) is 0 Å². The maximum Gasteiger partial charge on any atom is 0.322 e. The summed E-state index contributed by atoms with van der Waals surface area (Å²) in [5.41, 5.74) is 0.618. The molecule has 1 aromatic rings. The van der Waals surface area contributed by atoms with Crippen LogP contribution in [0.4, 0.5) is 5.69 Å². The van der Waals surface area contributed by atoms with Gasteiger partial charge in [0.15, 0.2) is 5.84 Å². The lowest BCUT2D eigenvalue weighted by Gasteiger charge is -2.13. The molecular weight excluding hydrogens is 168 g/mol. The summed E-state index contributed by atoms with van der Waals surface area (Å²) in [6.45, 7) is 1.51. The van der Waals surface area contributed by atoms with Crippen molar-refractivity contribution in [2.24, 2.45) is 5.16 Å². The van der Waals surface area contributed by atoms with Gasteiger partial charge in [0.2, 0.25) is 0 Å². The number of benzene rings is 1. The van der Waals surface area contributed by atoms with Gasteiger partial charge in [-0.1, -0.05) is 23.4 Å². The third-order valence-corrected chi connectivity index (χ3v) is 1.57. The second kappa shape index (κ2) is 4.25. The van der Waals surface area contributed by atoms with E-state index in [1.807, 2.05) is 6.07 Å². The number of hydrogen-bond donors (Lipinski definition) is 1. The summed E-state index contributed by atoms with van der Waals surface area (Å²) in [7, 11) is 0.